The number of carbonyl (C=O) groups excluding carboxylic acids is 1. The molecule has 1 fully saturated rings. The van der Waals surface area contributed by atoms with Crippen LogP contribution in [0.25, 0.3) is 11.4 Å². The summed E-state index contributed by atoms with van der Waals surface area (Å²) in [7, 11) is 1.43. The number of hydrogen-bond donors (Lipinski definition) is 1. The first kappa shape index (κ1) is 23.6. The molecule has 0 saturated carbocycles. The van der Waals surface area contributed by atoms with Crippen LogP contribution in [0, 0.1) is 0 Å². The minimum absolute atomic E-state index is 0.0685. The number of methoxy groups -OCH3 is 1. The number of carbonyl (C=O) groups is 1. The summed E-state index contributed by atoms with van der Waals surface area (Å²) in [6.45, 7) is 1.24. The van der Waals surface area contributed by atoms with Crippen LogP contribution in [0.3, 0.4) is 0 Å². The van der Waals surface area contributed by atoms with E-state index in [1.165, 1.54) is 25.4 Å². The highest BCUT2D eigenvalue weighted by Gasteiger charge is 2.32. The summed E-state index contributed by atoms with van der Waals surface area (Å²) < 4.78 is 51.3. The van der Waals surface area contributed by atoms with Crippen LogP contribution in [0.5, 0.6) is 5.75 Å². The molecule has 3 heterocycles. The van der Waals surface area contributed by atoms with Crippen LogP contribution in [0.2, 0.25) is 0 Å². The minimum atomic E-state index is -4.72. The van der Waals surface area contributed by atoms with Crippen LogP contribution in [-0.2, 0) is 16.1 Å². The zero-order valence-electron chi connectivity index (χ0n) is 18.2. The average molecular weight is 477 g/mol. The SMILES string of the molecule is COCC(=O)Nc1ccc(-c2noc([C@H]3CCCN3Cc3ccc(OC(F)(F)F)cc3)n2)cn1. The third-order valence-corrected chi connectivity index (χ3v) is 5.20. The Labute approximate surface area is 192 Å². The van der Waals surface area contributed by atoms with Crippen molar-refractivity contribution in [3.05, 3.63) is 54.0 Å². The van der Waals surface area contributed by atoms with Crippen molar-refractivity contribution in [1.82, 2.24) is 20.0 Å². The zero-order chi connectivity index (χ0) is 24.1. The number of likely N-dealkylation sites (tertiary alicyclic amines) is 1. The summed E-state index contributed by atoms with van der Waals surface area (Å²) in [5, 5.41) is 6.66. The second-order valence-corrected chi connectivity index (χ2v) is 7.69. The van der Waals surface area contributed by atoms with E-state index in [-0.39, 0.29) is 24.3 Å². The number of hydrogen-bond acceptors (Lipinski definition) is 8. The molecule has 180 valence electrons. The molecule has 0 aliphatic carbocycles. The van der Waals surface area contributed by atoms with Crippen molar-refractivity contribution < 1.29 is 32.0 Å². The first-order chi connectivity index (χ1) is 16.3. The molecule has 2 aromatic heterocycles. The second kappa shape index (κ2) is 10.2. The maximum atomic E-state index is 12.4. The Balaban J connectivity index is 1.40. The molecular formula is C22H22F3N5O4. The van der Waals surface area contributed by atoms with Gasteiger partial charge in [0.2, 0.25) is 11.7 Å². The van der Waals surface area contributed by atoms with Gasteiger partial charge in [0, 0.05) is 25.4 Å². The van der Waals surface area contributed by atoms with E-state index in [4.69, 9.17) is 9.26 Å². The lowest BCUT2D eigenvalue weighted by atomic mass is 10.1. The smallest absolute Gasteiger partial charge is 0.406 e. The molecule has 3 aromatic rings. The van der Waals surface area contributed by atoms with Gasteiger partial charge in [0.15, 0.2) is 0 Å². The molecule has 12 heteroatoms. The van der Waals surface area contributed by atoms with E-state index < -0.39 is 6.36 Å². The molecule has 0 spiro atoms. The average Bonchev–Trinajstić information content (AvgIpc) is 3.44. The van der Waals surface area contributed by atoms with Crippen LogP contribution in [0.4, 0.5) is 19.0 Å². The molecule has 0 radical (unpaired) electrons. The molecule has 1 amide bonds. The predicted octanol–water partition coefficient (Wildman–Crippen LogP) is 3.95. The van der Waals surface area contributed by atoms with Gasteiger partial charge in [0.25, 0.3) is 5.91 Å². The molecule has 1 N–H and O–H groups in total. The molecule has 1 aliphatic heterocycles. The molecule has 1 saturated heterocycles. The maximum Gasteiger partial charge on any atom is 0.573 e. The topological polar surface area (TPSA) is 103 Å². The van der Waals surface area contributed by atoms with E-state index in [0.29, 0.717) is 29.6 Å². The Morgan fingerprint density at radius 1 is 1.24 bits per heavy atom. The number of alkyl halides is 3. The van der Waals surface area contributed by atoms with Crippen molar-refractivity contribution >= 4 is 11.7 Å². The van der Waals surface area contributed by atoms with Crippen LogP contribution >= 0.6 is 0 Å². The lowest BCUT2D eigenvalue weighted by Gasteiger charge is -2.21. The van der Waals surface area contributed by atoms with Crippen molar-refractivity contribution in [2.75, 3.05) is 25.6 Å². The number of aromatic nitrogens is 3. The summed E-state index contributed by atoms with van der Waals surface area (Å²) in [6, 6.07) is 9.06. The van der Waals surface area contributed by atoms with Gasteiger partial charge < -0.3 is 19.3 Å². The monoisotopic (exact) mass is 477 g/mol. The van der Waals surface area contributed by atoms with Crippen LogP contribution < -0.4 is 10.1 Å². The largest absolute Gasteiger partial charge is 0.573 e. The first-order valence-electron chi connectivity index (χ1n) is 10.5. The van der Waals surface area contributed by atoms with Gasteiger partial charge in [0.1, 0.15) is 18.2 Å². The Morgan fingerprint density at radius 3 is 2.71 bits per heavy atom. The highest BCUT2D eigenvalue weighted by atomic mass is 19.4. The number of amides is 1. The molecule has 1 atom stereocenters. The summed E-state index contributed by atoms with van der Waals surface area (Å²) in [5.41, 5.74) is 1.47. The standard InChI is InChI=1S/C22H22F3N5O4/c1-32-13-19(31)27-18-9-6-15(11-26-18)20-28-21(34-29-20)17-3-2-10-30(17)12-14-4-7-16(8-5-14)33-22(23,24)25/h4-9,11,17H,2-3,10,12-13H2,1H3,(H,26,27,31)/t17-/m1/s1. The van der Waals surface area contributed by atoms with Crippen molar-refractivity contribution in [3.8, 4) is 17.1 Å². The minimum Gasteiger partial charge on any atom is -0.406 e. The lowest BCUT2D eigenvalue weighted by molar-refractivity contribution is -0.274. The summed E-state index contributed by atoms with van der Waals surface area (Å²) in [6.07, 6.45) is -1.44. The van der Waals surface area contributed by atoms with Gasteiger partial charge in [-0.3, -0.25) is 9.69 Å². The van der Waals surface area contributed by atoms with E-state index in [0.717, 1.165) is 24.9 Å². The highest BCUT2D eigenvalue weighted by Crippen LogP contribution is 2.33. The fraction of sp³-hybridized carbons (Fsp3) is 0.364. The molecule has 0 unspecified atom stereocenters. The van der Waals surface area contributed by atoms with Gasteiger partial charge in [-0.25, -0.2) is 4.98 Å². The molecule has 9 nitrogen and oxygen atoms in total. The fourth-order valence-corrected chi connectivity index (χ4v) is 3.72. The number of anilines is 1. The van der Waals surface area contributed by atoms with Crippen molar-refractivity contribution in [1.29, 1.82) is 0 Å². The maximum absolute atomic E-state index is 12.4. The Hall–Kier alpha value is -3.51. The van der Waals surface area contributed by atoms with Gasteiger partial charge in [0.05, 0.1) is 6.04 Å². The Morgan fingerprint density at radius 2 is 2.03 bits per heavy atom. The highest BCUT2D eigenvalue weighted by molar-refractivity contribution is 5.90. The molecule has 4 rings (SSSR count). The second-order valence-electron chi connectivity index (χ2n) is 7.69. The number of pyridine rings is 1. The number of ether oxygens (including phenoxy) is 2. The van der Waals surface area contributed by atoms with Crippen molar-refractivity contribution in [2.45, 2.75) is 31.8 Å². The molecule has 1 aromatic carbocycles. The summed E-state index contributed by atoms with van der Waals surface area (Å²) in [4.78, 5) is 22.4. The summed E-state index contributed by atoms with van der Waals surface area (Å²) >= 11 is 0. The molecular weight excluding hydrogens is 455 g/mol. The van der Waals surface area contributed by atoms with E-state index in [1.54, 1.807) is 24.3 Å². The van der Waals surface area contributed by atoms with E-state index in [9.17, 15) is 18.0 Å². The number of nitrogens with one attached hydrogen (secondary N) is 1. The summed E-state index contributed by atoms with van der Waals surface area (Å²) in [5.74, 6) is 0.644. The van der Waals surface area contributed by atoms with Gasteiger partial charge >= 0.3 is 6.36 Å². The van der Waals surface area contributed by atoms with Crippen LogP contribution in [0.15, 0.2) is 47.1 Å². The molecule has 34 heavy (non-hydrogen) atoms. The predicted molar refractivity (Wildman–Crippen MR) is 114 cm³/mol. The number of benzene rings is 1. The Kier molecular flexibility index (Phi) is 7.08. The van der Waals surface area contributed by atoms with Gasteiger partial charge in [-0.1, -0.05) is 17.3 Å². The van der Waals surface area contributed by atoms with E-state index in [1.807, 2.05) is 0 Å². The lowest BCUT2D eigenvalue weighted by Crippen LogP contribution is -2.23. The zero-order valence-corrected chi connectivity index (χ0v) is 18.2. The third-order valence-electron chi connectivity index (χ3n) is 5.20. The van der Waals surface area contributed by atoms with Crippen LogP contribution in [-0.4, -0.2) is 52.6 Å². The van der Waals surface area contributed by atoms with Gasteiger partial charge in [-0.15, -0.1) is 13.2 Å². The Bertz CT molecular complexity index is 1100. The quantitative estimate of drug-likeness (QED) is 0.520. The van der Waals surface area contributed by atoms with E-state index in [2.05, 4.69) is 30.1 Å². The third kappa shape index (κ3) is 6.08. The number of nitrogens with zero attached hydrogens (tertiary/aromatic N) is 4. The van der Waals surface area contributed by atoms with Gasteiger partial charge in [-0.05, 0) is 49.2 Å². The molecule has 1 aliphatic rings. The number of rotatable bonds is 8. The van der Waals surface area contributed by atoms with Crippen molar-refractivity contribution in [3.63, 3.8) is 0 Å². The first-order valence-corrected chi connectivity index (χ1v) is 10.5. The van der Waals surface area contributed by atoms with Crippen LogP contribution in [0.1, 0.15) is 30.3 Å². The van der Waals surface area contributed by atoms with Gasteiger partial charge in [-0.2, -0.15) is 4.98 Å². The fourth-order valence-electron chi connectivity index (χ4n) is 3.72. The molecule has 0 bridgehead atoms. The van der Waals surface area contributed by atoms with Crippen molar-refractivity contribution in [2.24, 2.45) is 0 Å². The normalized spacial score (nSPS) is 16.5. The number of halogens is 3. The van der Waals surface area contributed by atoms with E-state index >= 15 is 0 Å².